The molecule has 4 rings (SSSR count). The highest BCUT2D eigenvalue weighted by Gasteiger charge is 2.14. The fraction of sp³-hybridized carbons (Fsp3) is 0.400. The summed E-state index contributed by atoms with van der Waals surface area (Å²) in [6, 6.07) is 4.54. The largest absolute Gasteiger partial charge is 0.353 e. The Hall–Kier alpha value is -2.96. The van der Waals surface area contributed by atoms with E-state index in [1.807, 2.05) is 30.0 Å². The van der Waals surface area contributed by atoms with Gasteiger partial charge < -0.3 is 9.88 Å². The third kappa shape index (κ3) is 3.13. The number of fused-ring (bicyclic) bond motifs is 2. The quantitative estimate of drug-likeness (QED) is 0.578. The van der Waals surface area contributed by atoms with Gasteiger partial charge in [0.2, 0.25) is 5.95 Å². The molecule has 0 aliphatic heterocycles. The summed E-state index contributed by atoms with van der Waals surface area (Å²) in [7, 11) is 0. The topological polar surface area (TPSA) is 72.9 Å². The number of imidazole rings is 1. The molecule has 1 N–H and O–H groups in total. The van der Waals surface area contributed by atoms with E-state index in [-0.39, 0.29) is 0 Å². The van der Waals surface area contributed by atoms with Gasteiger partial charge in [0.05, 0.1) is 17.2 Å². The Labute approximate surface area is 158 Å². The molecule has 0 unspecified atom stereocenters. The molecule has 140 valence electrons. The fourth-order valence-electron chi connectivity index (χ4n) is 3.41. The minimum absolute atomic E-state index is 0.329. The molecule has 0 aliphatic rings. The van der Waals surface area contributed by atoms with E-state index in [4.69, 9.17) is 0 Å². The maximum Gasteiger partial charge on any atom is 0.241 e. The van der Waals surface area contributed by atoms with Crippen LogP contribution in [0.1, 0.15) is 39.6 Å². The van der Waals surface area contributed by atoms with Gasteiger partial charge in [-0.3, -0.25) is 0 Å². The highest BCUT2D eigenvalue weighted by atomic mass is 15.3. The Balaban J connectivity index is 1.76. The van der Waals surface area contributed by atoms with Crippen molar-refractivity contribution in [3.8, 4) is 11.1 Å². The number of anilines is 1. The Kier molecular flexibility index (Phi) is 4.30. The molecule has 0 aromatic carbocycles. The predicted octanol–water partition coefficient (Wildman–Crippen LogP) is 4.10. The zero-order valence-corrected chi connectivity index (χ0v) is 16.4. The second kappa shape index (κ2) is 6.64. The Morgan fingerprint density at radius 1 is 1.07 bits per heavy atom. The summed E-state index contributed by atoms with van der Waals surface area (Å²) in [5.74, 6) is 2.16. The molecule has 0 saturated heterocycles. The van der Waals surface area contributed by atoms with Crippen molar-refractivity contribution >= 4 is 22.6 Å². The molecule has 0 spiro atoms. The molecule has 4 aromatic rings. The maximum absolute atomic E-state index is 4.58. The average Bonchev–Trinajstić information content (AvgIpc) is 3.18. The number of nitrogens with one attached hydrogen (secondary N) is 1. The smallest absolute Gasteiger partial charge is 0.241 e. The molecule has 0 amide bonds. The summed E-state index contributed by atoms with van der Waals surface area (Å²) < 4.78 is 4.08. The SMILES string of the molecule is Cc1nc2ncc(-c3ccn4nc(NCC(C)C)ncc34)cc2n1C(C)C. The Morgan fingerprint density at radius 2 is 1.89 bits per heavy atom. The van der Waals surface area contributed by atoms with E-state index in [2.05, 4.69) is 69.8 Å². The van der Waals surface area contributed by atoms with Gasteiger partial charge >= 0.3 is 0 Å². The van der Waals surface area contributed by atoms with Crippen LogP contribution < -0.4 is 5.32 Å². The highest BCUT2D eigenvalue weighted by molar-refractivity contribution is 5.85. The molecular formula is C20H25N7. The van der Waals surface area contributed by atoms with E-state index in [0.717, 1.165) is 40.2 Å². The number of hydrogen-bond acceptors (Lipinski definition) is 5. The summed E-state index contributed by atoms with van der Waals surface area (Å²) in [5.41, 5.74) is 4.89. The van der Waals surface area contributed by atoms with E-state index in [0.29, 0.717) is 17.9 Å². The average molecular weight is 363 g/mol. The van der Waals surface area contributed by atoms with Crippen LogP contribution in [-0.2, 0) is 0 Å². The van der Waals surface area contributed by atoms with Crippen LogP contribution in [0.3, 0.4) is 0 Å². The van der Waals surface area contributed by atoms with Crippen LogP contribution in [0.5, 0.6) is 0 Å². The van der Waals surface area contributed by atoms with Crippen LogP contribution in [0.15, 0.2) is 30.7 Å². The standard InChI is InChI=1S/C20H25N7/c1-12(2)9-22-20-23-11-18-16(6-7-26(18)25-20)15-8-17-19(21-10-15)24-14(5)27(17)13(3)4/h6-8,10-13H,9H2,1-5H3,(H,22,25). The molecule has 27 heavy (non-hydrogen) atoms. The number of nitrogens with zero attached hydrogens (tertiary/aromatic N) is 6. The van der Waals surface area contributed by atoms with E-state index < -0.39 is 0 Å². The van der Waals surface area contributed by atoms with E-state index >= 15 is 0 Å². The fourth-order valence-corrected chi connectivity index (χ4v) is 3.41. The van der Waals surface area contributed by atoms with Gasteiger partial charge in [-0.05, 0) is 38.8 Å². The maximum atomic E-state index is 4.58. The van der Waals surface area contributed by atoms with Crippen molar-refractivity contribution in [2.24, 2.45) is 5.92 Å². The third-order valence-electron chi connectivity index (χ3n) is 4.64. The van der Waals surface area contributed by atoms with Crippen LogP contribution in [-0.4, -0.2) is 35.7 Å². The lowest BCUT2D eigenvalue weighted by atomic mass is 10.1. The zero-order valence-electron chi connectivity index (χ0n) is 16.4. The highest BCUT2D eigenvalue weighted by Crippen LogP contribution is 2.28. The van der Waals surface area contributed by atoms with Crippen LogP contribution in [0, 0.1) is 12.8 Å². The van der Waals surface area contributed by atoms with Crippen LogP contribution >= 0.6 is 0 Å². The number of rotatable bonds is 5. The molecule has 7 nitrogen and oxygen atoms in total. The third-order valence-corrected chi connectivity index (χ3v) is 4.64. The first kappa shape index (κ1) is 17.5. The van der Waals surface area contributed by atoms with Gasteiger partial charge in [-0.1, -0.05) is 13.8 Å². The molecule has 0 bridgehead atoms. The van der Waals surface area contributed by atoms with Crippen LogP contribution in [0.25, 0.3) is 27.8 Å². The molecule has 4 aromatic heterocycles. The molecule has 0 radical (unpaired) electrons. The van der Waals surface area contributed by atoms with Crippen molar-refractivity contribution in [3.63, 3.8) is 0 Å². The Bertz CT molecular complexity index is 1100. The normalized spacial score (nSPS) is 12.0. The summed E-state index contributed by atoms with van der Waals surface area (Å²) in [6.45, 7) is 11.5. The minimum Gasteiger partial charge on any atom is -0.353 e. The molecule has 0 saturated carbocycles. The number of aromatic nitrogens is 6. The van der Waals surface area contributed by atoms with Crippen LogP contribution in [0.4, 0.5) is 5.95 Å². The zero-order chi connectivity index (χ0) is 19.1. The van der Waals surface area contributed by atoms with Gasteiger partial charge in [0.15, 0.2) is 5.65 Å². The molecule has 7 heteroatoms. The monoisotopic (exact) mass is 363 g/mol. The predicted molar refractivity (Wildman–Crippen MR) is 108 cm³/mol. The van der Waals surface area contributed by atoms with E-state index in [9.17, 15) is 0 Å². The van der Waals surface area contributed by atoms with Crippen molar-refractivity contribution in [3.05, 3.63) is 36.5 Å². The first-order valence-electron chi connectivity index (χ1n) is 9.37. The summed E-state index contributed by atoms with van der Waals surface area (Å²) in [6.07, 6.45) is 5.70. The van der Waals surface area contributed by atoms with Crippen molar-refractivity contribution in [1.29, 1.82) is 0 Å². The van der Waals surface area contributed by atoms with Gasteiger partial charge in [-0.15, -0.1) is 5.10 Å². The van der Waals surface area contributed by atoms with Crippen LogP contribution in [0.2, 0.25) is 0 Å². The van der Waals surface area contributed by atoms with Crippen molar-refractivity contribution in [2.75, 3.05) is 11.9 Å². The molecule has 0 fully saturated rings. The van der Waals surface area contributed by atoms with E-state index in [1.54, 1.807) is 0 Å². The minimum atomic E-state index is 0.329. The molecular weight excluding hydrogens is 338 g/mol. The van der Waals surface area contributed by atoms with Crippen molar-refractivity contribution < 1.29 is 0 Å². The molecule has 4 heterocycles. The lowest BCUT2D eigenvalue weighted by molar-refractivity contribution is 0.600. The first-order chi connectivity index (χ1) is 12.9. The summed E-state index contributed by atoms with van der Waals surface area (Å²) >= 11 is 0. The number of pyridine rings is 1. The van der Waals surface area contributed by atoms with Gasteiger partial charge in [-0.25, -0.2) is 19.5 Å². The lowest BCUT2D eigenvalue weighted by Gasteiger charge is -2.11. The second-order valence-corrected chi connectivity index (χ2v) is 7.61. The molecule has 0 atom stereocenters. The molecule has 0 aliphatic carbocycles. The van der Waals surface area contributed by atoms with Crippen molar-refractivity contribution in [1.82, 2.24) is 29.1 Å². The Morgan fingerprint density at radius 3 is 2.63 bits per heavy atom. The van der Waals surface area contributed by atoms with Gasteiger partial charge in [0.1, 0.15) is 5.82 Å². The van der Waals surface area contributed by atoms with Crippen molar-refractivity contribution in [2.45, 2.75) is 40.7 Å². The summed E-state index contributed by atoms with van der Waals surface area (Å²) in [5, 5.41) is 7.83. The van der Waals surface area contributed by atoms with E-state index in [1.165, 1.54) is 0 Å². The van der Waals surface area contributed by atoms with Gasteiger partial charge in [0, 0.05) is 36.1 Å². The van der Waals surface area contributed by atoms with Gasteiger partial charge in [-0.2, -0.15) is 0 Å². The summed E-state index contributed by atoms with van der Waals surface area (Å²) in [4.78, 5) is 13.6. The van der Waals surface area contributed by atoms with Gasteiger partial charge in [0.25, 0.3) is 0 Å². The lowest BCUT2D eigenvalue weighted by Crippen LogP contribution is -2.11. The number of aryl methyl sites for hydroxylation is 1. The second-order valence-electron chi connectivity index (χ2n) is 7.61. The number of hydrogen-bond donors (Lipinski definition) is 1. The first-order valence-corrected chi connectivity index (χ1v) is 9.37.